The van der Waals surface area contributed by atoms with E-state index in [2.05, 4.69) is 63.8 Å². The predicted molar refractivity (Wildman–Crippen MR) is 121 cm³/mol. The highest BCUT2D eigenvalue weighted by Gasteiger charge is 2.11. The van der Waals surface area contributed by atoms with Crippen LogP contribution in [0.25, 0.3) is 10.9 Å². The van der Waals surface area contributed by atoms with Gasteiger partial charge in [-0.2, -0.15) is 4.98 Å². The molecule has 0 aliphatic carbocycles. The summed E-state index contributed by atoms with van der Waals surface area (Å²) in [4.78, 5) is 21.4. The van der Waals surface area contributed by atoms with E-state index in [1.54, 1.807) is 0 Å². The quantitative estimate of drug-likeness (QED) is 0.455. The summed E-state index contributed by atoms with van der Waals surface area (Å²) in [5, 5.41) is 8.17. The van der Waals surface area contributed by atoms with Crippen LogP contribution < -0.4 is 5.32 Å². The highest BCUT2D eigenvalue weighted by molar-refractivity contribution is 5.88. The van der Waals surface area contributed by atoms with Crippen LogP contribution in [0.1, 0.15) is 35.3 Å². The van der Waals surface area contributed by atoms with Crippen LogP contribution >= 0.6 is 0 Å². The second kappa shape index (κ2) is 9.14. The number of benzene rings is 2. The van der Waals surface area contributed by atoms with Gasteiger partial charge in [-0.3, -0.25) is 4.79 Å². The molecular formula is C24H27N5O2. The number of carbonyl (C=O) groups is 1. The smallest absolute Gasteiger partial charge is 0.231 e. The Morgan fingerprint density at radius 1 is 1.13 bits per heavy atom. The van der Waals surface area contributed by atoms with Crippen LogP contribution in [0.15, 0.2) is 53.2 Å². The summed E-state index contributed by atoms with van der Waals surface area (Å²) in [5.41, 5.74) is 5.37. The fourth-order valence-corrected chi connectivity index (χ4v) is 3.64. The van der Waals surface area contributed by atoms with Gasteiger partial charge in [0.25, 0.3) is 0 Å². The number of anilines is 1. The lowest BCUT2D eigenvalue weighted by Crippen LogP contribution is -2.14. The monoisotopic (exact) mass is 417 g/mol. The Hall–Kier alpha value is -3.45. The first-order chi connectivity index (χ1) is 15.0. The molecule has 0 saturated carbocycles. The Morgan fingerprint density at radius 3 is 2.77 bits per heavy atom. The molecule has 2 aromatic carbocycles. The minimum atomic E-state index is -0.0942. The van der Waals surface area contributed by atoms with Crippen molar-refractivity contribution in [2.24, 2.45) is 0 Å². The van der Waals surface area contributed by atoms with Crippen LogP contribution in [0.2, 0.25) is 0 Å². The summed E-state index contributed by atoms with van der Waals surface area (Å²) in [5.74, 6) is 1.13. The molecular weight excluding hydrogens is 390 g/mol. The molecule has 7 heteroatoms. The van der Waals surface area contributed by atoms with Gasteiger partial charge in [0.2, 0.25) is 11.8 Å². The average molecular weight is 418 g/mol. The number of H-pyrrole nitrogens is 1. The zero-order valence-corrected chi connectivity index (χ0v) is 18.1. The van der Waals surface area contributed by atoms with Crippen LogP contribution in [-0.2, 0) is 24.1 Å². The van der Waals surface area contributed by atoms with Crippen LogP contribution in [0, 0.1) is 0 Å². The number of aromatic amines is 1. The van der Waals surface area contributed by atoms with E-state index in [4.69, 9.17) is 4.52 Å². The third-order valence-electron chi connectivity index (χ3n) is 5.14. The number of fused-ring (bicyclic) bond motifs is 1. The maximum Gasteiger partial charge on any atom is 0.231 e. The van der Waals surface area contributed by atoms with E-state index in [-0.39, 0.29) is 5.91 Å². The number of nitrogens with zero attached hydrogens (tertiary/aromatic N) is 3. The fraction of sp³-hybridized carbons (Fsp3) is 0.292. The van der Waals surface area contributed by atoms with Gasteiger partial charge >= 0.3 is 0 Å². The summed E-state index contributed by atoms with van der Waals surface area (Å²) < 4.78 is 5.49. The number of rotatable bonds is 8. The molecule has 0 bridgehead atoms. The molecule has 0 unspecified atom stereocenters. The Morgan fingerprint density at radius 2 is 1.97 bits per heavy atom. The van der Waals surface area contributed by atoms with Gasteiger partial charge < -0.3 is 19.7 Å². The molecule has 0 aliphatic rings. The van der Waals surface area contributed by atoms with E-state index in [0.29, 0.717) is 24.6 Å². The SMILES string of the molecule is CC(=O)Nc1cccc(Cc2noc(Cc3ccc4[nH]cc(CCN(C)C)c4c3)n2)c1. The third kappa shape index (κ3) is 5.38. The average Bonchev–Trinajstić information content (AvgIpc) is 3.32. The lowest BCUT2D eigenvalue weighted by Gasteiger charge is -2.08. The van der Waals surface area contributed by atoms with Crippen molar-refractivity contribution in [1.82, 2.24) is 20.0 Å². The Labute approximate surface area is 181 Å². The molecule has 0 saturated heterocycles. The molecule has 31 heavy (non-hydrogen) atoms. The number of likely N-dealkylation sites (N-methyl/N-ethyl adjacent to an activating group) is 1. The van der Waals surface area contributed by atoms with Gasteiger partial charge in [0.05, 0.1) is 6.42 Å². The van der Waals surface area contributed by atoms with Crippen molar-refractivity contribution in [3.63, 3.8) is 0 Å². The Bertz CT molecular complexity index is 1190. The number of amides is 1. The Balaban J connectivity index is 1.45. The van der Waals surface area contributed by atoms with Crippen molar-refractivity contribution in [1.29, 1.82) is 0 Å². The van der Waals surface area contributed by atoms with Gasteiger partial charge in [0, 0.05) is 42.7 Å². The van der Waals surface area contributed by atoms with Crippen molar-refractivity contribution in [2.75, 3.05) is 26.0 Å². The molecule has 0 fully saturated rings. The number of hydrogen-bond acceptors (Lipinski definition) is 5. The molecule has 160 valence electrons. The first kappa shape index (κ1) is 20.8. The maximum atomic E-state index is 11.3. The lowest BCUT2D eigenvalue weighted by atomic mass is 10.1. The first-order valence-electron chi connectivity index (χ1n) is 10.4. The summed E-state index contributed by atoms with van der Waals surface area (Å²) in [6.45, 7) is 2.50. The molecule has 4 aromatic rings. The molecule has 4 rings (SSSR count). The fourth-order valence-electron chi connectivity index (χ4n) is 3.64. The van der Waals surface area contributed by atoms with Gasteiger partial charge in [-0.05, 0) is 61.5 Å². The number of aromatic nitrogens is 3. The largest absolute Gasteiger partial charge is 0.361 e. The predicted octanol–water partition coefficient (Wildman–Crippen LogP) is 3.80. The van der Waals surface area contributed by atoms with E-state index >= 15 is 0 Å². The zero-order chi connectivity index (χ0) is 21.8. The van der Waals surface area contributed by atoms with Gasteiger partial charge in [-0.1, -0.05) is 23.4 Å². The van der Waals surface area contributed by atoms with E-state index in [1.165, 1.54) is 17.9 Å². The van der Waals surface area contributed by atoms with E-state index in [1.807, 2.05) is 24.3 Å². The van der Waals surface area contributed by atoms with E-state index in [0.717, 1.165) is 35.3 Å². The third-order valence-corrected chi connectivity index (χ3v) is 5.14. The second-order valence-electron chi connectivity index (χ2n) is 8.09. The Kier molecular flexibility index (Phi) is 6.13. The lowest BCUT2D eigenvalue weighted by molar-refractivity contribution is -0.114. The van der Waals surface area contributed by atoms with Gasteiger partial charge in [-0.25, -0.2) is 0 Å². The van der Waals surface area contributed by atoms with E-state index < -0.39 is 0 Å². The number of hydrogen-bond donors (Lipinski definition) is 2. The van der Waals surface area contributed by atoms with Crippen LogP contribution in [0.3, 0.4) is 0 Å². The highest BCUT2D eigenvalue weighted by Crippen LogP contribution is 2.22. The standard InChI is InChI=1S/C24H27N5O2/c1-16(30)26-20-6-4-5-17(11-20)13-23-27-24(31-28-23)14-18-7-8-22-21(12-18)19(15-25-22)9-10-29(2)3/h4-8,11-12,15,25H,9-10,13-14H2,1-3H3,(H,26,30). The number of carbonyl (C=O) groups excluding carboxylic acids is 1. The van der Waals surface area contributed by atoms with E-state index in [9.17, 15) is 4.79 Å². The maximum absolute atomic E-state index is 11.3. The molecule has 7 nitrogen and oxygen atoms in total. The summed E-state index contributed by atoms with van der Waals surface area (Å²) in [7, 11) is 4.17. The zero-order valence-electron chi connectivity index (χ0n) is 18.1. The minimum absolute atomic E-state index is 0.0942. The molecule has 0 spiro atoms. The van der Waals surface area contributed by atoms with Crippen molar-refractivity contribution >= 4 is 22.5 Å². The van der Waals surface area contributed by atoms with Crippen molar-refractivity contribution in [3.05, 3.63) is 77.1 Å². The normalized spacial score (nSPS) is 11.4. The molecule has 2 aromatic heterocycles. The minimum Gasteiger partial charge on any atom is -0.361 e. The number of nitrogens with one attached hydrogen (secondary N) is 2. The van der Waals surface area contributed by atoms with Gasteiger partial charge in [0.1, 0.15) is 0 Å². The van der Waals surface area contributed by atoms with Gasteiger partial charge in [0.15, 0.2) is 5.82 Å². The van der Waals surface area contributed by atoms with Crippen molar-refractivity contribution < 1.29 is 9.32 Å². The van der Waals surface area contributed by atoms with Crippen LogP contribution in [0.4, 0.5) is 5.69 Å². The second-order valence-corrected chi connectivity index (χ2v) is 8.09. The molecule has 0 radical (unpaired) electrons. The highest BCUT2D eigenvalue weighted by atomic mass is 16.5. The summed E-state index contributed by atoms with van der Waals surface area (Å²) >= 11 is 0. The van der Waals surface area contributed by atoms with Crippen molar-refractivity contribution in [3.8, 4) is 0 Å². The molecule has 2 heterocycles. The summed E-state index contributed by atoms with van der Waals surface area (Å²) in [6.07, 6.45) is 4.23. The van der Waals surface area contributed by atoms with Crippen LogP contribution in [-0.4, -0.2) is 46.6 Å². The molecule has 1 amide bonds. The molecule has 0 aliphatic heterocycles. The van der Waals surface area contributed by atoms with Crippen molar-refractivity contribution in [2.45, 2.75) is 26.2 Å². The topological polar surface area (TPSA) is 87.0 Å². The first-order valence-corrected chi connectivity index (χ1v) is 10.4. The molecule has 0 atom stereocenters. The van der Waals surface area contributed by atoms with Gasteiger partial charge in [-0.15, -0.1) is 0 Å². The van der Waals surface area contributed by atoms with Crippen LogP contribution in [0.5, 0.6) is 0 Å². The molecule has 2 N–H and O–H groups in total. The summed E-state index contributed by atoms with van der Waals surface area (Å²) in [6, 6.07) is 14.1.